The smallest absolute Gasteiger partial charge is 0.231 e. The third kappa shape index (κ3) is 5.03. The van der Waals surface area contributed by atoms with E-state index in [0.717, 1.165) is 5.75 Å². The normalized spacial score (nSPS) is 15.7. The first-order valence-electron chi connectivity index (χ1n) is 10.4. The Morgan fingerprint density at radius 3 is 2.60 bits per heavy atom. The van der Waals surface area contributed by atoms with E-state index in [2.05, 4.69) is 5.32 Å². The number of anilines is 1. The fourth-order valence-electron chi connectivity index (χ4n) is 3.70. The number of para-hydroxylation sites is 1. The van der Waals surface area contributed by atoms with Gasteiger partial charge in [-0.1, -0.05) is 18.2 Å². The molecule has 30 heavy (non-hydrogen) atoms. The molecular formula is C23H26N2O5. The number of piperidine rings is 1. The fraction of sp³-hybridized carbons (Fsp3) is 0.391. The van der Waals surface area contributed by atoms with Crippen LogP contribution in [0.1, 0.15) is 25.7 Å². The van der Waals surface area contributed by atoms with Crippen LogP contribution in [0.2, 0.25) is 0 Å². The summed E-state index contributed by atoms with van der Waals surface area (Å²) in [6.07, 6.45) is 2.48. The van der Waals surface area contributed by atoms with Gasteiger partial charge in [0.05, 0.1) is 6.61 Å². The first kappa shape index (κ1) is 20.1. The van der Waals surface area contributed by atoms with Crippen molar-refractivity contribution in [2.45, 2.75) is 25.7 Å². The van der Waals surface area contributed by atoms with Crippen LogP contribution < -0.4 is 19.5 Å². The Hall–Kier alpha value is -3.22. The summed E-state index contributed by atoms with van der Waals surface area (Å²) < 4.78 is 16.3. The number of nitrogens with zero attached hydrogens (tertiary/aromatic N) is 1. The Balaban J connectivity index is 1.17. The van der Waals surface area contributed by atoms with Crippen LogP contribution in [0, 0.1) is 5.92 Å². The van der Waals surface area contributed by atoms with Gasteiger partial charge in [-0.05, 0) is 43.5 Å². The van der Waals surface area contributed by atoms with Gasteiger partial charge in [0.15, 0.2) is 11.5 Å². The number of ether oxygens (including phenoxy) is 3. The third-order valence-electron chi connectivity index (χ3n) is 5.41. The summed E-state index contributed by atoms with van der Waals surface area (Å²) in [5.41, 5.74) is 0.696. The van der Waals surface area contributed by atoms with Crippen LogP contribution in [-0.2, 0) is 9.59 Å². The van der Waals surface area contributed by atoms with Crippen LogP contribution in [0.25, 0.3) is 0 Å². The summed E-state index contributed by atoms with van der Waals surface area (Å²) in [5.74, 6) is 2.16. The van der Waals surface area contributed by atoms with Gasteiger partial charge in [-0.3, -0.25) is 9.59 Å². The van der Waals surface area contributed by atoms with Crippen LogP contribution in [0.15, 0.2) is 48.5 Å². The second-order valence-corrected chi connectivity index (χ2v) is 7.48. The van der Waals surface area contributed by atoms with Gasteiger partial charge in [-0.2, -0.15) is 0 Å². The summed E-state index contributed by atoms with van der Waals surface area (Å²) in [5, 5.41) is 2.95. The van der Waals surface area contributed by atoms with E-state index in [1.807, 2.05) is 41.3 Å². The van der Waals surface area contributed by atoms with Crippen molar-refractivity contribution in [3.63, 3.8) is 0 Å². The highest BCUT2D eigenvalue weighted by atomic mass is 16.7. The molecule has 4 rings (SSSR count). The highest BCUT2D eigenvalue weighted by Crippen LogP contribution is 2.34. The largest absolute Gasteiger partial charge is 0.494 e. The number of carbonyl (C=O) groups is 2. The molecule has 7 nitrogen and oxygen atoms in total. The molecule has 0 bridgehead atoms. The molecule has 1 fully saturated rings. The second kappa shape index (κ2) is 9.52. The quantitative estimate of drug-likeness (QED) is 0.708. The van der Waals surface area contributed by atoms with Crippen LogP contribution in [0.5, 0.6) is 17.2 Å². The van der Waals surface area contributed by atoms with Gasteiger partial charge in [0.2, 0.25) is 18.6 Å². The molecule has 0 aromatic heterocycles. The van der Waals surface area contributed by atoms with Gasteiger partial charge < -0.3 is 24.4 Å². The van der Waals surface area contributed by atoms with Gasteiger partial charge in [0, 0.05) is 37.2 Å². The Labute approximate surface area is 175 Å². The van der Waals surface area contributed by atoms with Gasteiger partial charge in [0.1, 0.15) is 5.75 Å². The minimum absolute atomic E-state index is 0.0165. The molecule has 0 saturated carbocycles. The predicted octanol–water partition coefficient (Wildman–Crippen LogP) is 3.45. The molecule has 2 aromatic rings. The molecule has 158 valence electrons. The maximum absolute atomic E-state index is 12.6. The number of benzene rings is 2. The van der Waals surface area contributed by atoms with Crippen LogP contribution in [0.4, 0.5) is 5.69 Å². The number of hydrogen-bond acceptors (Lipinski definition) is 5. The summed E-state index contributed by atoms with van der Waals surface area (Å²) in [6, 6.07) is 15.0. The monoisotopic (exact) mass is 410 g/mol. The molecule has 2 aromatic carbocycles. The Kier molecular flexibility index (Phi) is 6.37. The van der Waals surface area contributed by atoms with E-state index in [4.69, 9.17) is 14.2 Å². The number of carbonyl (C=O) groups excluding carboxylic acids is 2. The first-order chi connectivity index (χ1) is 14.7. The second-order valence-electron chi connectivity index (χ2n) is 7.48. The third-order valence-corrected chi connectivity index (χ3v) is 5.41. The number of hydrogen-bond donors (Lipinski definition) is 1. The zero-order chi connectivity index (χ0) is 20.8. The number of amides is 2. The summed E-state index contributed by atoms with van der Waals surface area (Å²) in [4.78, 5) is 26.9. The van der Waals surface area contributed by atoms with E-state index >= 15 is 0 Å². The Morgan fingerprint density at radius 2 is 1.80 bits per heavy atom. The molecule has 0 radical (unpaired) electrons. The van der Waals surface area contributed by atoms with Crippen molar-refractivity contribution in [2.24, 2.45) is 5.92 Å². The lowest BCUT2D eigenvalue weighted by Gasteiger charge is -2.31. The average molecular weight is 410 g/mol. The number of nitrogens with one attached hydrogen (secondary N) is 1. The highest BCUT2D eigenvalue weighted by molar-refractivity contribution is 5.93. The first-order valence-corrected chi connectivity index (χ1v) is 10.4. The fourth-order valence-corrected chi connectivity index (χ4v) is 3.70. The van der Waals surface area contributed by atoms with Crippen molar-refractivity contribution in [1.82, 2.24) is 4.90 Å². The summed E-state index contributed by atoms with van der Waals surface area (Å²) >= 11 is 0. The van der Waals surface area contributed by atoms with Gasteiger partial charge in [-0.25, -0.2) is 0 Å². The zero-order valence-electron chi connectivity index (χ0n) is 16.8. The molecule has 1 saturated heterocycles. The van der Waals surface area contributed by atoms with Crippen molar-refractivity contribution in [1.29, 1.82) is 0 Å². The molecule has 0 unspecified atom stereocenters. The molecule has 2 amide bonds. The summed E-state index contributed by atoms with van der Waals surface area (Å²) in [6.45, 7) is 1.94. The molecular weight excluding hydrogens is 384 g/mol. The predicted molar refractivity (Wildman–Crippen MR) is 112 cm³/mol. The standard InChI is InChI=1S/C23H26N2O5/c26-22(7-4-14-28-19-5-2-1-3-6-19)25-12-10-17(11-13-25)23(27)24-18-8-9-20-21(15-18)30-16-29-20/h1-3,5-6,8-9,15,17H,4,7,10-14,16H2,(H,24,27). The van der Waals surface area contributed by atoms with Gasteiger partial charge in [0.25, 0.3) is 0 Å². The lowest BCUT2D eigenvalue weighted by Crippen LogP contribution is -2.41. The number of rotatable bonds is 7. The van der Waals surface area contributed by atoms with Crippen LogP contribution >= 0.6 is 0 Å². The van der Waals surface area contributed by atoms with Gasteiger partial charge in [-0.15, -0.1) is 0 Å². The van der Waals surface area contributed by atoms with Crippen molar-refractivity contribution in [3.8, 4) is 17.2 Å². The van der Waals surface area contributed by atoms with E-state index in [-0.39, 0.29) is 24.5 Å². The topological polar surface area (TPSA) is 77.1 Å². The molecule has 2 heterocycles. The van der Waals surface area contributed by atoms with E-state index in [9.17, 15) is 9.59 Å². The number of fused-ring (bicyclic) bond motifs is 1. The average Bonchev–Trinajstić information content (AvgIpc) is 3.25. The molecule has 0 atom stereocenters. The molecule has 0 spiro atoms. The van der Waals surface area contributed by atoms with Crippen LogP contribution in [-0.4, -0.2) is 43.2 Å². The molecule has 0 aliphatic carbocycles. The maximum Gasteiger partial charge on any atom is 0.231 e. The van der Waals surface area contributed by atoms with E-state index in [0.29, 0.717) is 62.6 Å². The Morgan fingerprint density at radius 1 is 1.03 bits per heavy atom. The van der Waals surface area contributed by atoms with E-state index in [1.165, 1.54) is 0 Å². The Bertz CT molecular complexity index is 878. The zero-order valence-corrected chi connectivity index (χ0v) is 16.8. The van der Waals surface area contributed by atoms with Crippen molar-refractivity contribution >= 4 is 17.5 Å². The highest BCUT2D eigenvalue weighted by Gasteiger charge is 2.27. The van der Waals surface area contributed by atoms with Gasteiger partial charge >= 0.3 is 0 Å². The lowest BCUT2D eigenvalue weighted by molar-refractivity contribution is -0.134. The molecule has 2 aliphatic heterocycles. The van der Waals surface area contributed by atoms with Crippen molar-refractivity contribution in [2.75, 3.05) is 31.8 Å². The van der Waals surface area contributed by atoms with E-state index in [1.54, 1.807) is 12.1 Å². The minimum atomic E-state index is -0.0964. The molecule has 7 heteroatoms. The van der Waals surface area contributed by atoms with E-state index < -0.39 is 0 Å². The SMILES string of the molecule is O=C(Nc1ccc2c(c1)OCO2)C1CCN(C(=O)CCCOc2ccccc2)CC1. The van der Waals surface area contributed by atoms with Crippen molar-refractivity contribution in [3.05, 3.63) is 48.5 Å². The summed E-state index contributed by atoms with van der Waals surface area (Å²) in [7, 11) is 0. The van der Waals surface area contributed by atoms with Crippen LogP contribution in [0.3, 0.4) is 0 Å². The molecule has 1 N–H and O–H groups in total. The minimum Gasteiger partial charge on any atom is -0.494 e. The lowest BCUT2D eigenvalue weighted by atomic mass is 9.95. The number of likely N-dealkylation sites (tertiary alicyclic amines) is 1. The van der Waals surface area contributed by atoms with Crippen molar-refractivity contribution < 1.29 is 23.8 Å². The molecule has 2 aliphatic rings. The maximum atomic E-state index is 12.6.